The number of carbonyl (C=O) groups excluding carboxylic acids is 2. The zero-order valence-electron chi connectivity index (χ0n) is 9.58. The summed E-state index contributed by atoms with van der Waals surface area (Å²) in [6.45, 7) is 1.84. The van der Waals surface area contributed by atoms with Crippen molar-refractivity contribution >= 4 is 30.2 Å². The van der Waals surface area contributed by atoms with Gasteiger partial charge in [-0.2, -0.15) is 0 Å². The monoisotopic (exact) mass is 266 g/mol. The number of aldehydes is 1. The molecule has 0 atom stereocenters. The number of carbonyl (C=O) groups is 2. The van der Waals surface area contributed by atoms with Gasteiger partial charge in [-0.25, -0.2) is 9.78 Å². The molecule has 0 spiro atoms. The zero-order chi connectivity index (χ0) is 13.1. The summed E-state index contributed by atoms with van der Waals surface area (Å²) in [6, 6.07) is 0. The molecule has 0 radical (unpaired) electrons. The quantitative estimate of drug-likeness (QED) is 0.452. The third-order valence-corrected chi connectivity index (χ3v) is 3.31. The van der Waals surface area contributed by atoms with Crippen molar-refractivity contribution < 1.29 is 14.3 Å². The van der Waals surface area contributed by atoms with E-state index in [1.807, 2.05) is 0 Å². The fourth-order valence-electron chi connectivity index (χ4n) is 1.44. The van der Waals surface area contributed by atoms with Crippen molar-refractivity contribution in [2.45, 2.75) is 12.1 Å². The molecule has 7 heteroatoms. The lowest BCUT2D eigenvalue weighted by Crippen LogP contribution is -2.28. The molecule has 0 saturated heterocycles. The molecule has 0 saturated carbocycles. The smallest absolute Gasteiger partial charge is 0.345 e. The Labute approximate surface area is 107 Å². The largest absolute Gasteiger partial charge is 0.462 e. The topological polar surface area (TPSA) is 78.3 Å². The maximum atomic E-state index is 12.0. The summed E-state index contributed by atoms with van der Waals surface area (Å²) in [4.78, 5) is 38.3. The van der Waals surface area contributed by atoms with Gasteiger partial charge in [-0.1, -0.05) is 11.8 Å². The van der Waals surface area contributed by atoms with Crippen LogP contribution in [0.5, 0.6) is 0 Å². The molecular weight excluding hydrogens is 256 g/mol. The molecule has 1 aliphatic rings. The van der Waals surface area contributed by atoms with E-state index in [2.05, 4.69) is 4.98 Å². The number of thioether (sulfide) groups is 1. The Morgan fingerprint density at radius 2 is 2.44 bits per heavy atom. The Morgan fingerprint density at radius 1 is 1.67 bits per heavy atom. The molecule has 0 aromatic carbocycles. The highest BCUT2D eigenvalue weighted by atomic mass is 32.2. The van der Waals surface area contributed by atoms with Crippen LogP contribution in [-0.2, 0) is 9.53 Å². The third-order valence-electron chi connectivity index (χ3n) is 2.27. The van der Waals surface area contributed by atoms with Gasteiger partial charge in [0.2, 0.25) is 0 Å². The van der Waals surface area contributed by atoms with E-state index >= 15 is 0 Å². The molecule has 2 rings (SSSR count). The van der Waals surface area contributed by atoms with E-state index in [9.17, 15) is 14.4 Å². The molecule has 2 heterocycles. The lowest BCUT2D eigenvalue weighted by molar-refractivity contribution is -0.104. The van der Waals surface area contributed by atoms with Gasteiger partial charge in [-0.3, -0.25) is 14.2 Å². The molecule has 1 aromatic rings. The SMILES string of the molecule is CCOC(=O)c1cnc2n(c1=O)C=C(C=O)CS2. The van der Waals surface area contributed by atoms with Gasteiger partial charge in [-0.15, -0.1) is 0 Å². The number of ether oxygens (including phenoxy) is 1. The summed E-state index contributed by atoms with van der Waals surface area (Å²) in [7, 11) is 0. The predicted molar refractivity (Wildman–Crippen MR) is 65.5 cm³/mol. The van der Waals surface area contributed by atoms with Crippen molar-refractivity contribution in [3.63, 3.8) is 0 Å². The van der Waals surface area contributed by atoms with Crippen LogP contribution < -0.4 is 5.56 Å². The number of hydrogen-bond acceptors (Lipinski definition) is 6. The molecule has 0 aliphatic carbocycles. The van der Waals surface area contributed by atoms with Crippen molar-refractivity contribution in [3.05, 3.63) is 27.7 Å². The van der Waals surface area contributed by atoms with Gasteiger partial charge in [0, 0.05) is 17.5 Å². The lowest BCUT2D eigenvalue weighted by atomic mass is 10.3. The molecule has 0 N–H and O–H groups in total. The van der Waals surface area contributed by atoms with Gasteiger partial charge in [0.15, 0.2) is 5.16 Å². The van der Waals surface area contributed by atoms with E-state index in [0.717, 1.165) is 0 Å². The van der Waals surface area contributed by atoms with Crippen molar-refractivity contribution in [1.29, 1.82) is 0 Å². The lowest BCUT2D eigenvalue weighted by Gasteiger charge is -2.14. The maximum Gasteiger partial charge on any atom is 0.345 e. The standard InChI is InChI=1S/C11H10N2O4S/c1-2-17-10(16)8-3-12-11-13(9(8)15)4-7(5-14)6-18-11/h3-5H,2,6H2,1H3. The van der Waals surface area contributed by atoms with Crippen LogP contribution in [0.3, 0.4) is 0 Å². The van der Waals surface area contributed by atoms with Gasteiger partial charge < -0.3 is 4.74 Å². The number of nitrogens with zero attached hydrogens (tertiary/aromatic N) is 2. The number of fused-ring (bicyclic) bond motifs is 1. The Hall–Kier alpha value is -1.89. The molecule has 18 heavy (non-hydrogen) atoms. The van der Waals surface area contributed by atoms with Crippen LogP contribution in [0.2, 0.25) is 0 Å². The summed E-state index contributed by atoms with van der Waals surface area (Å²) in [5.41, 5.74) is -0.188. The van der Waals surface area contributed by atoms with Crippen molar-refractivity contribution in [3.8, 4) is 0 Å². The van der Waals surface area contributed by atoms with Crippen LogP contribution >= 0.6 is 11.8 Å². The van der Waals surface area contributed by atoms with Crippen molar-refractivity contribution in [1.82, 2.24) is 9.55 Å². The normalized spacial score (nSPS) is 13.5. The number of rotatable bonds is 3. The average molecular weight is 266 g/mol. The second-order valence-corrected chi connectivity index (χ2v) is 4.40. The summed E-state index contributed by atoms with van der Waals surface area (Å²) < 4.78 is 5.96. The highest BCUT2D eigenvalue weighted by Crippen LogP contribution is 2.22. The van der Waals surface area contributed by atoms with Gasteiger partial charge >= 0.3 is 5.97 Å². The van der Waals surface area contributed by atoms with Gasteiger partial charge in [0.05, 0.1) is 12.8 Å². The summed E-state index contributed by atoms with van der Waals surface area (Å²) in [5.74, 6) is -0.240. The summed E-state index contributed by atoms with van der Waals surface area (Å²) >= 11 is 1.27. The third kappa shape index (κ3) is 2.21. The number of aromatic nitrogens is 2. The fraction of sp³-hybridized carbons (Fsp3) is 0.273. The van der Waals surface area contributed by atoms with E-state index < -0.39 is 11.5 Å². The molecular formula is C11H10N2O4S. The first-order valence-corrected chi connectivity index (χ1v) is 6.23. The Kier molecular flexibility index (Phi) is 3.61. The first-order valence-electron chi connectivity index (χ1n) is 5.24. The summed E-state index contributed by atoms with van der Waals surface area (Å²) in [6.07, 6.45) is 3.29. The van der Waals surface area contributed by atoms with Crippen LogP contribution in [0.25, 0.3) is 6.20 Å². The minimum Gasteiger partial charge on any atom is -0.462 e. The molecule has 1 aromatic heterocycles. The van der Waals surface area contributed by atoms with Gasteiger partial charge in [-0.05, 0) is 6.92 Å². The number of esters is 1. The minimum absolute atomic E-state index is 0.135. The van der Waals surface area contributed by atoms with Crippen LogP contribution in [-0.4, -0.2) is 34.2 Å². The van der Waals surface area contributed by atoms with Gasteiger partial charge in [0.25, 0.3) is 5.56 Å². The molecule has 0 bridgehead atoms. The van der Waals surface area contributed by atoms with E-state index in [0.29, 0.717) is 22.8 Å². The highest BCUT2D eigenvalue weighted by molar-refractivity contribution is 7.99. The Bertz CT molecular complexity index is 591. The van der Waals surface area contributed by atoms with Crippen LogP contribution in [0.4, 0.5) is 0 Å². The molecule has 94 valence electrons. The highest BCUT2D eigenvalue weighted by Gasteiger charge is 2.19. The van der Waals surface area contributed by atoms with Crippen LogP contribution in [0, 0.1) is 0 Å². The Balaban J connectivity index is 2.51. The molecule has 0 fully saturated rings. The van der Waals surface area contributed by atoms with Crippen molar-refractivity contribution in [2.75, 3.05) is 12.4 Å². The fourth-order valence-corrected chi connectivity index (χ4v) is 2.28. The van der Waals surface area contributed by atoms with E-state index in [-0.39, 0.29) is 12.2 Å². The average Bonchev–Trinajstić information content (AvgIpc) is 2.39. The van der Waals surface area contributed by atoms with Crippen LogP contribution in [0.1, 0.15) is 17.3 Å². The first-order chi connectivity index (χ1) is 8.67. The van der Waals surface area contributed by atoms with E-state index in [1.165, 1.54) is 28.7 Å². The zero-order valence-corrected chi connectivity index (χ0v) is 10.4. The second-order valence-electron chi connectivity index (χ2n) is 3.46. The van der Waals surface area contributed by atoms with Crippen LogP contribution in [0.15, 0.2) is 21.7 Å². The van der Waals surface area contributed by atoms with E-state index in [4.69, 9.17) is 4.74 Å². The number of hydrogen-bond donors (Lipinski definition) is 0. The van der Waals surface area contributed by atoms with Gasteiger partial charge in [0.1, 0.15) is 11.8 Å². The predicted octanol–water partition coefficient (Wildman–Crippen LogP) is 0.566. The molecule has 0 amide bonds. The van der Waals surface area contributed by atoms with Crippen molar-refractivity contribution in [2.24, 2.45) is 0 Å². The summed E-state index contributed by atoms with van der Waals surface area (Å²) in [5, 5.41) is 0.457. The molecule has 6 nitrogen and oxygen atoms in total. The first kappa shape index (κ1) is 12.6. The molecule has 1 aliphatic heterocycles. The maximum absolute atomic E-state index is 12.0. The minimum atomic E-state index is -0.707. The Morgan fingerprint density at radius 3 is 3.11 bits per heavy atom. The second kappa shape index (κ2) is 5.18. The van der Waals surface area contributed by atoms with E-state index in [1.54, 1.807) is 6.92 Å². The molecule has 0 unspecified atom stereocenters.